The average molecular weight is 233 g/mol. The van der Waals surface area contributed by atoms with Gasteiger partial charge in [0, 0.05) is 13.5 Å². The first-order chi connectivity index (χ1) is 6.85. The van der Waals surface area contributed by atoms with E-state index in [1.807, 2.05) is 0 Å². The topological polar surface area (TPSA) is 54.5 Å². The third-order valence-electron chi connectivity index (χ3n) is 3.02. The molecule has 5 heteroatoms. The Labute approximate surface area is 91.7 Å². The van der Waals surface area contributed by atoms with Crippen LogP contribution in [0.25, 0.3) is 0 Å². The molecule has 0 N–H and O–H groups in total. The summed E-state index contributed by atoms with van der Waals surface area (Å²) in [7, 11) is -2.06. The van der Waals surface area contributed by atoms with Gasteiger partial charge >= 0.3 is 0 Å². The third-order valence-corrected chi connectivity index (χ3v) is 5.18. The number of hydrogen-bond donors (Lipinski definition) is 0. The van der Waals surface area contributed by atoms with Gasteiger partial charge in [0.15, 0.2) is 0 Å². The first-order valence-electron chi connectivity index (χ1n) is 5.36. The molecule has 1 aliphatic carbocycles. The largest absolute Gasteiger partial charge is 0.274 e. The lowest BCUT2D eigenvalue weighted by molar-refractivity contribution is -0.127. The molecule has 0 spiro atoms. The van der Waals surface area contributed by atoms with Gasteiger partial charge in [-0.15, -0.1) is 0 Å². The first kappa shape index (κ1) is 12.5. The summed E-state index contributed by atoms with van der Waals surface area (Å²) in [4.78, 5) is 11.6. The summed E-state index contributed by atoms with van der Waals surface area (Å²) < 4.78 is 24.2. The molecule has 0 radical (unpaired) electrons. The molecule has 1 saturated carbocycles. The van der Waals surface area contributed by atoms with Gasteiger partial charge in [0.25, 0.3) is 0 Å². The number of nitrogens with zero attached hydrogens (tertiary/aromatic N) is 1. The average Bonchev–Trinajstić information content (AvgIpc) is 2.09. The van der Waals surface area contributed by atoms with Crippen molar-refractivity contribution in [2.75, 3.05) is 7.05 Å². The van der Waals surface area contributed by atoms with Crippen molar-refractivity contribution in [3.8, 4) is 0 Å². The van der Waals surface area contributed by atoms with E-state index in [0.29, 0.717) is 12.3 Å². The molecule has 1 aliphatic rings. The highest BCUT2D eigenvalue weighted by molar-refractivity contribution is 7.90. The van der Waals surface area contributed by atoms with Crippen LogP contribution in [0.15, 0.2) is 0 Å². The van der Waals surface area contributed by atoms with Crippen LogP contribution in [0, 0.1) is 5.92 Å². The highest BCUT2D eigenvalue weighted by atomic mass is 32.2. The Hall–Kier alpha value is -0.580. The lowest BCUT2D eigenvalue weighted by atomic mass is 9.83. The maximum Gasteiger partial charge on any atom is 0.239 e. The summed E-state index contributed by atoms with van der Waals surface area (Å²) in [5.74, 6) is 0.135. The summed E-state index contributed by atoms with van der Waals surface area (Å²) >= 11 is 0. The Morgan fingerprint density at radius 3 is 2.27 bits per heavy atom. The van der Waals surface area contributed by atoms with E-state index in [4.69, 9.17) is 0 Å². The van der Waals surface area contributed by atoms with Crippen LogP contribution in [0.4, 0.5) is 0 Å². The standard InChI is InChI=1S/C10H19NO3S/c1-8(2)15(13,14)11(3)10(12)7-9-5-4-6-9/h8-9H,4-7H2,1-3H3. The molecule has 88 valence electrons. The zero-order chi connectivity index (χ0) is 11.6. The maximum atomic E-state index is 11.7. The maximum absolute atomic E-state index is 11.7. The summed E-state index contributed by atoms with van der Waals surface area (Å²) in [5, 5.41) is -0.534. The Bertz CT molecular complexity index is 331. The van der Waals surface area contributed by atoms with Gasteiger partial charge in [0.05, 0.1) is 5.25 Å². The van der Waals surface area contributed by atoms with E-state index >= 15 is 0 Å². The molecule has 0 aromatic carbocycles. The predicted molar refractivity (Wildman–Crippen MR) is 58.8 cm³/mol. The molecule has 0 atom stereocenters. The molecule has 0 aliphatic heterocycles. The van der Waals surface area contributed by atoms with Gasteiger partial charge in [-0.1, -0.05) is 6.42 Å². The highest BCUT2D eigenvalue weighted by Gasteiger charge is 2.29. The highest BCUT2D eigenvalue weighted by Crippen LogP contribution is 2.30. The van der Waals surface area contributed by atoms with Gasteiger partial charge in [0.1, 0.15) is 0 Å². The second kappa shape index (κ2) is 4.51. The molecule has 1 amide bonds. The van der Waals surface area contributed by atoms with Crippen LogP contribution in [0.5, 0.6) is 0 Å². The fraction of sp³-hybridized carbons (Fsp3) is 0.900. The Balaban J connectivity index is 2.59. The second-order valence-electron chi connectivity index (χ2n) is 4.46. The van der Waals surface area contributed by atoms with E-state index in [2.05, 4.69) is 0 Å². The number of carbonyl (C=O) groups excluding carboxylic acids is 1. The number of hydrogen-bond acceptors (Lipinski definition) is 3. The monoisotopic (exact) mass is 233 g/mol. The fourth-order valence-electron chi connectivity index (χ4n) is 1.53. The van der Waals surface area contributed by atoms with E-state index in [1.54, 1.807) is 13.8 Å². The van der Waals surface area contributed by atoms with Gasteiger partial charge in [-0.3, -0.25) is 4.79 Å². The molecule has 1 fully saturated rings. The lowest BCUT2D eigenvalue weighted by Gasteiger charge is -2.27. The van der Waals surface area contributed by atoms with Gasteiger partial charge in [-0.25, -0.2) is 12.7 Å². The normalized spacial score (nSPS) is 17.6. The van der Waals surface area contributed by atoms with Crippen molar-refractivity contribution in [1.29, 1.82) is 0 Å². The zero-order valence-electron chi connectivity index (χ0n) is 9.56. The van der Waals surface area contributed by atoms with Crippen molar-refractivity contribution in [1.82, 2.24) is 4.31 Å². The molecule has 0 aromatic rings. The fourth-order valence-corrected chi connectivity index (χ4v) is 2.52. The number of amides is 1. The molecule has 0 heterocycles. The summed E-state index contributed by atoms with van der Waals surface area (Å²) in [6.07, 6.45) is 3.66. The van der Waals surface area contributed by atoms with Gasteiger partial charge in [-0.05, 0) is 32.6 Å². The van der Waals surface area contributed by atoms with Crippen LogP contribution in [0.2, 0.25) is 0 Å². The summed E-state index contributed by atoms with van der Waals surface area (Å²) in [6, 6.07) is 0. The molecule has 0 unspecified atom stereocenters. The van der Waals surface area contributed by atoms with Gasteiger partial charge < -0.3 is 0 Å². The van der Waals surface area contributed by atoms with Crippen molar-refractivity contribution < 1.29 is 13.2 Å². The number of sulfonamides is 1. The van der Waals surface area contributed by atoms with Crippen molar-refractivity contribution >= 4 is 15.9 Å². The SMILES string of the molecule is CC(C)S(=O)(=O)N(C)C(=O)CC1CCC1. The van der Waals surface area contributed by atoms with Crippen LogP contribution in [-0.2, 0) is 14.8 Å². The third kappa shape index (κ3) is 2.71. The van der Waals surface area contributed by atoms with E-state index in [9.17, 15) is 13.2 Å². The predicted octanol–water partition coefficient (Wildman–Crippen LogP) is 1.37. The zero-order valence-corrected chi connectivity index (χ0v) is 10.4. The minimum atomic E-state index is -3.42. The Kier molecular flexibility index (Phi) is 3.76. The van der Waals surface area contributed by atoms with Crippen LogP contribution in [-0.4, -0.2) is 30.9 Å². The lowest BCUT2D eigenvalue weighted by Crippen LogP contribution is -2.39. The van der Waals surface area contributed by atoms with Crippen LogP contribution >= 0.6 is 0 Å². The molecule has 0 aromatic heterocycles. The smallest absolute Gasteiger partial charge is 0.239 e. The molecule has 1 rings (SSSR count). The van der Waals surface area contributed by atoms with E-state index in [0.717, 1.165) is 17.1 Å². The second-order valence-corrected chi connectivity index (χ2v) is 6.98. The van der Waals surface area contributed by atoms with Crippen molar-refractivity contribution in [3.63, 3.8) is 0 Å². The van der Waals surface area contributed by atoms with Crippen molar-refractivity contribution in [2.24, 2.45) is 5.92 Å². The quantitative estimate of drug-likeness (QED) is 0.737. The number of rotatable bonds is 4. The Morgan fingerprint density at radius 1 is 1.40 bits per heavy atom. The molecule has 0 saturated heterocycles. The molecule has 0 bridgehead atoms. The molecule has 4 nitrogen and oxygen atoms in total. The van der Waals surface area contributed by atoms with E-state index < -0.39 is 15.3 Å². The molecule has 15 heavy (non-hydrogen) atoms. The minimum Gasteiger partial charge on any atom is -0.274 e. The Morgan fingerprint density at radius 2 is 1.93 bits per heavy atom. The summed E-state index contributed by atoms with van der Waals surface area (Å²) in [5.41, 5.74) is 0. The van der Waals surface area contributed by atoms with Gasteiger partial charge in [-0.2, -0.15) is 0 Å². The minimum absolute atomic E-state index is 0.270. The summed E-state index contributed by atoms with van der Waals surface area (Å²) in [6.45, 7) is 3.17. The van der Waals surface area contributed by atoms with E-state index in [1.165, 1.54) is 13.5 Å². The van der Waals surface area contributed by atoms with E-state index in [-0.39, 0.29) is 5.91 Å². The molecular weight excluding hydrogens is 214 g/mol. The van der Waals surface area contributed by atoms with Crippen LogP contribution < -0.4 is 0 Å². The molecular formula is C10H19NO3S. The van der Waals surface area contributed by atoms with Crippen LogP contribution in [0.3, 0.4) is 0 Å². The van der Waals surface area contributed by atoms with Crippen LogP contribution in [0.1, 0.15) is 39.5 Å². The van der Waals surface area contributed by atoms with Gasteiger partial charge in [0.2, 0.25) is 15.9 Å². The first-order valence-corrected chi connectivity index (χ1v) is 6.86. The van der Waals surface area contributed by atoms with Crippen molar-refractivity contribution in [3.05, 3.63) is 0 Å². The van der Waals surface area contributed by atoms with Crippen molar-refractivity contribution in [2.45, 2.75) is 44.8 Å². The number of carbonyl (C=O) groups is 1.